The molecule has 3 aromatic rings. The van der Waals surface area contributed by atoms with Gasteiger partial charge in [0, 0.05) is 5.39 Å². The van der Waals surface area contributed by atoms with Crippen molar-refractivity contribution in [2.24, 2.45) is 0 Å². The fraction of sp³-hybridized carbons (Fsp3) is 0.111. The molecule has 0 amide bonds. The summed E-state index contributed by atoms with van der Waals surface area (Å²) in [7, 11) is -4.56. The predicted octanol–water partition coefficient (Wildman–Crippen LogP) is 4.42. The zero-order valence-electron chi connectivity index (χ0n) is 12.5. The van der Waals surface area contributed by atoms with Gasteiger partial charge in [0.05, 0.1) is 4.90 Å². The molecule has 0 unspecified atom stereocenters. The Morgan fingerprint density at radius 3 is 2.25 bits per heavy atom. The molecule has 0 heterocycles. The monoisotopic (exact) mass is 348 g/mol. The van der Waals surface area contributed by atoms with Crippen molar-refractivity contribution in [2.45, 2.75) is 17.3 Å². The Bertz CT molecular complexity index is 946. The molecule has 0 fully saturated rings. The summed E-state index contributed by atoms with van der Waals surface area (Å²) in [5, 5.41) is 2.02. The lowest BCUT2D eigenvalue weighted by Crippen LogP contribution is -2.11. The molecule has 0 saturated heterocycles. The van der Waals surface area contributed by atoms with Gasteiger partial charge in [-0.05, 0) is 29.1 Å². The Morgan fingerprint density at radius 1 is 0.875 bits per heavy atom. The third kappa shape index (κ3) is 3.23. The van der Waals surface area contributed by atoms with Gasteiger partial charge in [-0.15, -0.1) is 0 Å². The third-order valence-electron chi connectivity index (χ3n) is 3.63. The molecule has 3 rings (SSSR count). The molecule has 0 N–H and O–H groups in total. The van der Waals surface area contributed by atoms with E-state index in [1.54, 1.807) is 0 Å². The Labute approximate surface area is 138 Å². The van der Waals surface area contributed by atoms with Crippen LogP contribution in [0.3, 0.4) is 0 Å². The van der Waals surface area contributed by atoms with Crippen LogP contribution in [0.5, 0.6) is 5.75 Å². The maximum Gasteiger partial charge on any atom is 0.341 e. The van der Waals surface area contributed by atoms with Crippen molar-refractivity contribution < 1.29 is 21.9 Å². The van der Waals surface area contributed by atoms with Crippen LogP contribution in [0.15, 0.2) is 71.6 Å². The number of alkyl halides is 2. The smallest absolute Gasteiger partial charge is 0.341 e. The Balaban J connectivity index is 1.78. The van der Waals surface area contributed by atoms with E-state index >= 15 is 0 Å². The summed E-state index contributed by atoms with van der Waals surface area (Å²) in [6.45, 7) is 0.211. The van der Waals surface area contributed by atoms with Crippen molar-refractivity contribution in [3.05, 3.63) is 72.3 Å². The van der Waals surface area contributed by atoms with Crippen LogP contribution in [0.1, 0.15) is 5.56 Å². The lowest BCUT2D eigenvalue weighted by Gasteiger charge is -2.10. The Hall–Kier alpha value is -2.47. The van der Waals surface area contributed by atoms with E-state index in [1.807, 2.05) is 42.5 Å². The van der Waals surface area contributed by atoms with E-state index in [0.29, 0.717) is 11.3 Å². The highest BCUT2D eigenvalue weighted by atomic mass is 32.2. The number of benzene rings is 3. The van der Waals surface area contributed by atoms with Gasteiger partial charge in [-0.25, -0.2) is 8.42 Å². The normalized spacial score (nSPS) is 11.8. The number of fused-ring (bicyclic) bond motifs is 1. The first-order chi connectivity index (χ1) is 11.5. The van der Waals surface area contributed by atoms with Crippen LogP contribution in [0.25, 0.3) is 10.8 Å². The minimum absolute atomic E-state index is 0.211. The van der Waals surface area contributed by atoms with E-state index in [4.69, 9.17) is 4.74 Å². The molecular formula is C18H14F2O3S. The minimum Gasteiger partial charge on any atom is -0.488 e. The van der Waals surface area contributed by atoms with Gasteiger partial charge in [-0.2, -0.15) is 8.78 Å². The maximum absolute atomic E-state index is 12.5. The molecule has 3 aromatic carbocycles. The number of halogens is 2. The fourth-order valence-corrected chi connectivity index (χ4v) is 3.08. The van der Waals surface area contributed by atoms with Gasteiger partial charge in [0.1, 0.15) is 12.4 Å². The molecule has 0 aromatic heterocycles. The van der Waals surface area contributed by atoms with Gasteiger partial charge >= 0.3 is 5.76 Å². The van der Waals surface area contributed by atoms with Crippen LogP contribution < -0.4 is 4.74 Å². The lowest BCUT2D eigenvalue weighted by molar-refractivity contribution is 0.234. The summed E-state index contributed by atoms with van der Waals surface area (Å²) in [5.41, 5.74) is 0.691. The molecule has 0 atom stereocenters. The average Bonchev–Trinajstić information content (AvgIpc) is 2.60. The van der Waals surface area contributed by atoms with Gasteiger partial charge < -0.3 is 4.74 Å². The first kappa shape index (κ1) is 16.4. The van der Waals surface area contributed by atoms with Gasteiger partial charge in [0.15, 0.2) is 0 Å². The van der Waals surface area contributed by atoms with Crippen LogP contribution in [0.2, 0.25) is 0 Å². The molecule has 124 valence electrons. The fourth-order valence-electron chi connectivity index (χ4n) is 2.36. The molecular weight excluding hydrogens is 334 g/mol. The summed E-state index contributed by atoms with van der Waals surface area (Å²) in [4.78, 5) is -0.397. The third-order valence-corrected chi connectivity index (χ3v) is 5.03. The first-order valence-electron chi connectivity index (χ1n) is 7.20. The van der Waals surface area contributed by atoms with E-state index in [-0.39, 0.29) is 6.61 Å². The Morgan fingerprint density at radius 2 is 1.54 bits per heavy atom. The summed E-state index contributed by atoms with van der Waals surface area (Å²) < 4.78 is 53.6. The number of sulfone groups is 1. The molecule has 0 aliphatic heterocycles. The average molecular weight is 348 g/mol. The van der Waals surface area contributed by atoms with Gasteiger partial charge in [0.2, 0.25) is 9.84 Å². The van der Waals surface area contributed by atoms with Gasteiger partial charge in [-0.1, -0.05) is 48.5 Å². The van der Waals surface area contributed by atoms with E-state index < -0.39 is 20.5 Å². The number of hydrogen-bond acceptors (Lipinski definition) is 3. The second-order valence-electron chi connectivity index (χ2n) is 5.22. The molecule has 0 radical (unpaired) electrons. The van der Waals surface area contributed by atoms with Crippen molar-refractivity contribution in [2.75, 3.05) is 0 Å². The SMILES string of the molecule is O=S(=O)(c1ccc(COc2cccc3ccccc23)cc1)C(F)F. The zero-order valence-corrected chi connectivity index (χ0v) is 13.3. The molecule has 0 aliphatic rings. The van der Waals surface area contributed by atoms with Crippen molar-refractivity contribution in [1.29, 1.82) is 0 Å². The topological polar surface area (TPSA) is 43.4 Å². The highest BCUT2D eigenvalue weighted by Gasteiger charge is 2.26. The quantitative estimate of drug-likeness (QED) is 0.686. The van der Waals surface area contributed by atoms with Gasteiger partial charge in [-0.3, -0.25) is 0 Å². The van der Waals surface area contributed by atoms with E-state index in [0.717, 1.165) is 10.8 Å². The van der Waals surface area contributed by atoms with Crippen molar-refractivity contribution in [3.8, 4) is 5.75 Å². The van der Waals surface area contributed by atoms with Crippen LogP contribution >= 0.6 is 0 Å². The molecule has 0 aliphatic carbocycles. The van der Waals surface area contributed by atoms with Crippen molar-refractivity contribution in [1.82, 2.24) is 0 Å². The molecule has 3 nitrogen and oxygen atoms in total. The van der Waals surface area contributed by atoms with Crippen LogP contribution in [0, 0.1) is 0 Å². The molecule has 0 spiro atoms. The van der Waals surface area contributed by atoms with E-state index in [1.165, 1.54) is 24.3 Å². The molecule has 0 saturated carbocycles. The Kier molecular flexibility index (Phi) is 4.49. The second-order valence-corrected chi connectivity index (χ2v) is 7.13. The minimum atomic E-state index is -4.56. The van der Waals surface area contributed by atoms with Crippen molar-refractivity contribution in [3.63, 3.8) is 0 Å². The van der Waals surface area contributed by atoms with Crippen LogP contribution in [-0.2, 0) is 16.4 Å². The maximum atomic E-state index is 12.5. The first-order valence-corrected chi connectivity index (χ1v) is 8.75. The largest absolute Gasteiger partial charge is 0.488 e. The number of hydrogen-bond donors (Lipinski definition) is 0. The van der Waals surface area contributed by atoms with Crippen LogP contribution in [0.4, 0.5) is 8.78 Å². The number of rotatable bonds is 5. The summed E-state index contributed by atoms with van der Waals surface area (Å²) in [6, 6.07) is 18.8. The highest BCUT2D eigenvalue weighted by molar-refractivity contribution is 7.91. The standard InChI is InChI=1S/C18H14F2O3S/c19-18(20)24(21,22)15-10-8-13(9-11-15)12-23-17-7-3-5-14-4-1-2-6-16(14)17/h1-11,18H,12H2. The summed E-state index contributed by atoms with van der Waals surface area (Å²) >= 11 is 0. The van der Waals surface area contributed by atoms with Crippen molar-refractivity contribution >= 4 is 20.6 Å². The van der Waals surface area contributed by atoms with Crippen LogP contribution in [-0.4, -0.2) is 14.2 Å². The highest BCUT2D eigenvalue weighted by Crippen LogP contribution is 2.26. The molecule has 24 heavy (non-hydrogen) atoms. The van der Waals surface area contributed by atoms with E-state index in [2.05, 4.69) is 0 Å². The summed E-state index contributed by atoms with van der Waals surface area (Å²) in [5.74, 6) is -2.72. The second kappa shape index (κ2) is 6.57. The number of ether oxygens (including phenoxy) is 1. The zero-order chi connectivity index (χ0) is 17.2. The van der Waals surface area contributed by atoms with E-state index in [9.17, 15) is 17.2 Å². The molecule has 0 bridgehead atoms. The lowest BCUT2D eigenvalue weighted by atomic mass is 10.1. The molecule has 6 heteroatoms. The predicted molar refractivity (Wildman–Crippen MR) is 87.9 cm³/mol. The van der Waals surface area contributed by atoms with Gasteiger partial charge in [0.25, 0.3) is 0 Å². The summed E-state index contributed by atoms with van der Waals surface area (Å²) in [6.07, 6.45) is 0.